The van der Waals surface area contributed by atoms with Gasteiger partial charge in [-0.1, -0.05) is 36.8 Å². The van der Waals surface area contributed by atoms with Gasteiger partial charge in [-0.15, -0.1) is 0 Å². The Hall–Kier alpha value is -3.41. The van der Waals surface area contributed by atoms with Crippen LogP contribution in [0.5, 0.6) is 0 Å². The minimum atomic E-state index is -0.152. The molecule has 4 rings (SSSR count). The maximum Gasteiger partial charge on any atom is 0.272 e. The van der Waals surface area contributed by atoms with Crippen LogP contribution in [0, 0.1) is 0 Å². The first-order valence-corrected chi connectivity index (χ1v) is 10.8. The standard InChI is InChI=1S/C25H28N4O2/c1-28(2)25(31)19-15-13-18(14-16-19)17-26-24(30)23-21-11-7-4-8-12-22(21)29(27-23)20-9-5-3-6-10-20/h3,5-6,9-10,13-16H,4,7-8,11-12,17H2,1-2H3,(H,26,30). The molecule has 6 nitrogen and oxygen atoms in total. The normalized spacial score (nSPS) is 13.2. The van der Waals surface area contributed by atoms with Gasteiger partial charge in [-0.05, 0) is 55.5 Å². The van der Waals surface area contributed by atoms with E-state index in [1.165, 1.54) is 6.42 Å². The van der Waals surface area contributed by atoms with Gasteiger partial charge in [0.05, 0.1) is 5.69 Å². The van der Waals surface area contributed by atoms with E-state index in [1.807, 2.05) is 47.1 Å². The highest BCUT2D eigenvalue weighted by Crippen LogP contribution is 2.26. The van der Waals surface area contributed by atoms with E-state index in [-0.39, 0.29) is 11.8 Å². The van der Waals surface area contributed by atoms with Crippen LogP contribution >= 0.6 is 0 Å². The topological polar surface area (TPSA) is 67.2 Å². The number of nitrogens with zero attached hydrogens (tertiary/aromatic N) is 3. The molecule has 2 aromatic carbocycles. The molecule has 3 aromatic rings. The van der Waals surface area contributed by atoms with Crippen LogP contribution in [0.2, 0.25) is 0 Å². The SMILES string of the molecule is CN(C)C(=O)c1ccc(CNC(=O)c2nn(-c3ccccc3)c3c2CCCCC3)cc1. The molecule has 0 saturated heterocycles. The summed E-state index contributed by atoms with van der Waals surface area (Å²) in [7, 11) is 3.46. The van der Waals surface area contributed by atoms with Gasteiger partial charge in [0.2, 0.25) is 0 Å². The Bertz CT molecular complexity index is 1070. The van der Waals surface area contributed by atoms with Crippen molar-refractivity contribution in [2.24, 2.45) is 0 Å². The summed E-state index contributed by atoms with van der Waals surface area (Å²) < 4.78 is 1.94. The molecule has 160 valence electrons. The molecule has 2 amide bonds. The lowest BCUT2D eigenvalue weighted by Crippen LogP contribution is -2.25. The number of fused-ring (bicyclic) bond motifs is 1. The van der Waals surface area contributed by atoms with Crippen LogP contribution in [0.25, 0.3) is 5.69 Å². The second-order valence-electron chi connectivity index (χ2n) is 8.16. The van der Waals surface area contributed by atoms with Gasteiger partial charge in [-0.25, -0.2) is 4.68 Å². The lowest BCUT2D eigenvalue weighted by atomic mass is 10.1. The van der Waals surface area contributed by atoms with Gasteiger partial charge >= 0.3 is 0 Å². The number of para-hydroxylation sites is 1. The summed E-state index contributed by atoms with van der Waals surface area (Å²) in [4.78, 5) is 26.6. The molecule has 1 aliphatic carbocycles. The number of hydrogen-bond donors (Lipinski definition) is 1. The monoisotopic (exact) mass is 416 g/mol. The van der Waals surface area contributed by atoms with Crippen LogP contribution in [0.1, 0.15) is 56.9 Å². The summed E-state index contributed by atoms with van der Waals surface area (Å²) in [6, 6.07) is 17.3. The largest absolute Gasteiger partial charge is 0.347 e. The van der Waals surface area contributed by atoms with Crippen molar-refractivity contribution < 1.29 is 9.59 Å². The predicted octanol–water partition coefficient (Wildman–Crippen LogP) is 3.77. The summed E-state index contributed by atoms with van der Waals surface area (Å²) in [5.74, 6) is -0.189. The summed E-state index contributed by atoms with van der Waals surface area (Å²) in [6.45, 7) is 0.391. The molecule has 0 radical (unpaired) electrons. The first kappa shape index (κ1) is 20.8. The highest BCUT2D eigenvalue weighted by atomic mass is 16.2. The van der Waals surface area contributed by atoms with Gasteiger partial charge in [0.25, 0.3) is 11.8 Å². The fraction of sp³-hybridized carbons (Fsp3) is 0.320. The Labute approximate surface area is 182 Å². The minimum absolute atomic E-state index is 0.0373. The molecule has 0 spiro atoms. The van der Waals surface area contributed by atoms with Crippen LogP contribution in [-0.2, 0) is 19.4 Å². The third-order valence-electron chi connectivity index (χ3n) is 5.71. The Morgan fingerprint density at radius 1 is 0.968 bits per heavy atom. The number of amides is 2. The van der Waals surface area contributed by atoms with Crippen LogP contribution in [0.3, 0.4) is 0 Å². The number of carbonyl (C=O) groups excluding carboxylic acids is 2. The maximum absolute atomic E-state index is 13.1. The van der Waals surface area contributed by atoms with Crippen molar-refractivity contribution in [3.63, 3.8) is 0 Å². The van der Waals surface area contributed by atoms with Crippen molar-refractivity contribution in [1.29, 1.82) is 0 Å². The third kappa shape index (κ3) is 4.53. The lowest BCUT2D eigenvalue weighted by molar-refractivity contribution is 0.0827. The minimum Gasteiger partial charge on any atom is -0.347 e. The number of carbonyl (C=O) groups is 2. The van der Waals surface area contributed by atoms with E-state index in [2.05, 4.69) is 5.32 Å². The van der Waals surface area contributed by atoms with Crippen molar-refractivity contribution in [3.8, 4) is 5.69 Å². The van der Waals surface area contributed by atoms with Crippen molar-refractivity contribution in [2.75, 3.05) is 14.1 Å². The number of benzene rings is 2. The molecule has 0 fully saturated rings. The molecule has 0 aliphatic heterocycles. The van der Waals surface area contributed by atoms with Crippen molar-refractivity contribution >= 4 is 11.8 Å². The predicted molar refractivity (Wildman–Crippen MR) is 120 cm³/mol. The number of hydrogen-bond acceptors (Lipinski definition) is 3. The van der Waals surface area contributed by atoms with Crippen molar-refractivity contribution in [3.05, 3.63) is 82.7 Å². The van der Waals surface area contributed by atoms with Gasteiger partial charge in [-0.3, -0.25) is 9.59 Å². The van der Waals surface area contributed by atoms with Crippen molar-refractivity contribution in [1.82, 2.24) is 20.0 Å². The first-order chi connectivity index (χ1) is 15.0. The average Bonchev–Trinajstić information content (AvgIpc) is 2.98. The Morgan fingerprint density at radius 3 is 2.39 bits per heavy atom. The van der Waals surface area contributed by atoms with Gasteiger partial charge in [0.1, 0.15) is 0 Å². The van der Waals surface area contributed by atoms with Crippen LogP contribution < -0.4 is 5.32 Å². The van der Waals surface area contributed by atoms with Gasteiger partial charge in [-0.2, -0.15) is 5.10 Å². The zero-order valence-corrected chi connectivity index (χ0v) is 18.1. The second-order valence-corrected chi connectivity index (χ2v) is 8.16. The first-order valence-electron chi connectivity index (χ1n) is 10.8. The highest BCUT2D eigenvalue weighted by molar-refractivity contribution is 5.94. The molecule has 6 heteroatoms. The summed E-state index contributed by atoms with van der Waals surface area (Å²) >= 11 is 0. The van der Waals surface area contributed by atoms with E-state index in [4.69, 9.17) is 5.10 Å². The number of nitrogens with one attached hydrogen (secondary N) is 1. The number of aromatic nitrogens is 2. The molecule has 31 heavy (non-hydrogen) atoms. The molecule has 1 aliphatic rings. The quantitative estimate of drug-likeness (QED) is 0.644. The summed E-state index contributed by atoms with van der Waals surface area (Å²) in [6.07, 6.45) is 5.18. The molecule has 1 N–H and O–H groups in total. The summed E-state index contributed by atoms with van der Waals surface area (Å²) in [5, 5.41) is 7.74. The van der Waals surface area contributed by atoms with Crippen LogP contribution in [-0.4, -0.2) is 40.6 Å². The molecular formula is C25H28N4O2. The Balaban J connectivity index is 1.53. The van der Waals surface area contributed by atoms with Crippen molar-refractivity contribution in [2.45, 2.75) is 38.6 Å². The highest BCUT2D eigenvalue weighted by Gasteiger charge is 2.24. The molecule has 0 unspecified atom stereocenters. The zero-order valence-electron chi connectivity index (χ0n) is 18.1. The summed E-state index contributed by atoms with van der Waals surface area (Å²) in [5.41, 5.74) is 5.32. The van der Waals surface area contributed by atoms with Crippen LogP contribution in [0.4, 0.5) is 0 Å². The Morgan fingerprint density at radius 2 is 1.68 bits per heavy atom. The number of rotatable bonds is 5. The average molecular weight is 417 g/mol. The van der Waals surface area contributed by atoms with E-state index in [0.29, 0.717) is 17.8 Å². The van der Waals surface area contributed by atoms with Crippen LogP contribution in [0.15, 0.2) is 54.6 Å². The van der Waals surface area contributed by atoms with Gasteiger partial charge < -0.3 is 10.2 Å². The van der Waals surface area contributed by atoms with E-state index >= 15 is 0 Å². The maximum atomic E-state index is 13.1. The molecular weight excluding hydrogens is 388 g/mol. The molecule has 1 heterocycles. The molecule has 0 bridgehead atoms. The lowest BCUT2D eigenvalue weighted by Gasteiger charge is -2.11. The van der Waals surface area contributed by atoms with Gasteiger partial charge in [0.15, 0.2) is 5.69 Å². The smallest absolute Gasteiger partial charge is 0.272 e. The second kappa shape index (κ2) is 9.16. The molecule has 1 aromatic heterocycles. The third-order valence-corrected chi connectivity index (χ3v) is 5.71. The van der Waals surface area contributed by atoms with E-state index < -0.39 is 0 Å². The molecule has 0 saturated carbocycles. The van der Waals surface area contributed by atoms with E-state index in [0.717, 1.165) is 48.2 Å². The zero-order chi connectivity index (χ0) is 21.8. The fourth-order valence-electron chi connectivity index (χ4n) is 4.03. The van der Waals surface area contributed by atoms with E-state index in [9.17, 15) is 9.59 Å². The fourth-order valence-corrected chi connectivity index (χ4v) is 4.03. The van der Waals surface area contributed by atoms with E-state index in [1.54, 1.807) is 31.1 Å². The van der Waals surface area contributed by atoms with Gasteiger partial charge in [0, 0.05) is 37.5 Å². The molecule has 0 atom stereocenters. The Kier molecular flexibility index (Phi) is 6.16.